The molecule has 0 aliphatic heterocycles. The van der Waals surface area contributed by atoms with Crippen LogP contribution in [0, 0.1) is 0 Å². The predicted octanol–water partition coefficient (Wildman–Crippen LogP) is 3.61. The van der Waals surface area contributed by atoms with Crippen LogP contribution in [0.5, 0.6) is 11.5 Å². The van der Waals surface area contributed by atoms with E-state index in [-0.39, 0.29) is 10.6 Å². The van der Waals surface area contributed by atoms with E-state index >= 15 is 0 Å². The van der Waals surface area contributed by atoms with Crippen molar-refractivity contribution in [2.24, 2.45) is 0 Å². The zero-order valence-corrected chi connectivity index (χ0v) is 16.2. The Kier molecular flexibility index (Phi) is 7.49. The van der Waals surface area contributed by atoms with Gasteiger partial charge in [-0.25, -0.2) is 4.79 Å². The summed E-state index contributed by atoms with van der Waals surface area (Å²) < 4.78 is 15.9. The van der Waals surface area contributed by atoms with Crippen molar-refractivity contribution in [1.29, 1.82) is 0 Å². The third kappa shape index (κ3) is 5.62. The van der Waals surface area contributed by atoms with Crippen molar-refractivity contribution in [2.75, 3.05) is 13.7 Å². The molecule has 0 bridgehead atoms. The Labute approximate surface area is 163 Å². The summed E-state index contributed by atoms with van der Waals surface area (Å²) in [5.41, 5.74) is 1.12. The van der Waals surface area contributed by atoms with E-state index in [0.717, 1.165) is 5.56 Å². The lowest BCUT2D eigenvalue weighted by Crippen LogP contribution is -2.35. The zero-order valence-electron chi connectivity index (χ0n) is 15.5. The van der Waals surface area contributed by atoms with Crippen molar-refractivity contribution in [3.05, 3.63) is 58.6 Å². The van der Waals surface area contributed by atoms with Crippen LogP contribution in [0.2, 0.25) is 5.02 Å². The number of benzene rings is 2. The molecule has 6 nitrogen and oxygen atoms in total. The van der Waals surface area contributed by atoms with Crippen LogP contribution in [0.25, 0.3) is 0 Å². The molecular weight excluding hydrogens is 370 g/mol. The first kappa shape index (κ1) is 20.6. The first-order chi connectivity index (χ1) is 13.0. The van der Waals surface area contributed by atoms with Gasteiger partial charge in [0.25, 0.3) is 5.91 Å². The highest BCUT2D eigenvalue weighted by Gasteiger charge is 2.21. The normalized spacial score (nSPS) is 11.4. The van der Waals surface area contributed by atoms with Crippen molar-refractivity contribution < 1.29 is 23.8 Å². The summed E-state index contributed by atoms with van der Waals surface area (Å²) in [5, 5.41) is 2.95. The molecule has 0 saturated heterocycles. The zero-order chi connectivity index (χ0) is 19.8. The van der Waals surface area contributed by atoms with Crippen molar-refractivity contribution in [1.82, 2.24) is 5.32 Å². The van der Waals surface area contributed by atoms with E-state index in [2.05, 4.69) is 5.32 Å². The number of hydrogen-bond acceptors (Lipinski definition) is 5. The van der Waals surface area contributed by atoms with Gasteiger partial charge in [0.1, 0.15) is 0 Å². The Bertz CT molecular complexity index is 794. The van der Waals surface area contributed by atoms with Gasteiger partial charge < -0.3 is 19.5 Å². The minimum atomic E-state index is -0.961. The molecule has 0 aliphatic carbocycles. The van der Waals surface area contributed by atoms with Crippen molar-refractivity contribution in [2.45, 2.75) is 26.5 Å². The Balaban J connectivity index is 2.01. The lowest BCUT2D eigenvalue weighted by atomic mass is 10.2. The van der Waals surface area contributed by atoms with Gasteiger partial charge in [-0.15, -0.1) is 0 Å². The molecule has 2 aromatic rings. The summed E-state index contributed by atoms with van der Waals surface area (Å²) in [6.07, 6.45) is -0.961. The van der Waals surface area contributed by atoms with Crippen molar-refractivity contribution >= 4 is 23.5 Å². The molecule has 0 radical (unpaired) electrons. The lowest BCUT2D eigenvalue weighted by molar-refractivity contribution is -0.129. The fourth-order valence-corrected chi connectivity index (χ4v) is 2.60. The Hall–Kier alpha value is -2.73. The third-order valence-corrected chi connectivity index (χ3v) is 4.00. The average Bonchev–Trinajstić information content (AvgIpc) is 2.68. The maximum absolute atomic E-state index is 12.4. The molecule has 1 amide bonds. The molecule has 0 fully saturated rings. The van der Waals surface area contributed by atoms with Crippen LogP contribution in [0.3, 0.4) is 0 Å². The number of carbonyl (C=O) groups is 2. The molecule has 2 rings (SSSR count). The minimum Gasteiger partial charge on any atom is -0.493 e. The molecule has 0 saturated carbocycles. The largest absolute Gasteiger partial charge is 0.493 e. The number of esters is 1. The fourth-order valence-electron chi connectivity index (χ4n) is 2.33. The average molecular weight is 392 g/mol. The summed E-state index contributed by atoms with van der Waals surface area (Å²) in [5.74, 6) is -0.402. The Morgan fingerprint density at radius 3 is 2.52 bits per heavy atom. The molecule has 0 unspecified atom stereocenters. The Morgan fingerprint density at radius 1 is 1.19 bits per heavy atom. The lowest BCUT2D eigenvalue weighted by Gasteiger charge is -2.15. The smallest absolute Gasteiger partial charge is 0.339 e. The van der Waals surface area contributed by atoms with Gasteiger partial charge in [0.15, 0.2) is 17.6 Å². The van der Waals surface area contributed by atoms with Crippen LogP contribution >= 0.6 is 11.6 Å². The van der Waals surface area contributed by atoms with E-state index in [1.165, 1.54) is 26.2 Å². The second-order valence-electron chi connectivity index (χ2n) is 5.67. The van der Waals surface area contributed by atoms with Gasteiger partial charge in [0.2, 0.25) is 0 Å². The number of hydrogen-bond donors (Lipinski definition) is 1. The highest BCUT2D eigenvalue weighted by molar-refractivity contribution is 6.32. The number of rotatable bonds is 8. The van der Waals surface area contributed by atoms with E-state index in [9.17, 15) is 9.59 Å². The Morgan fingerprint density at radius 2 is 1.89 bits per heavy atom. The van der Waals surface area contributed by atoms with E-state index in [1.54, 1.807) is 0 Å². The minimum absolute atomic E-state index is 0.169. The number of ether oxygens (including phenoxy) is 3. The molecule has 0 aromatic heterocycles. The van der Waals surface area contributed by atoms with E-state index < -0.39 is 18.0 Å². The fraction of sp³-hybridized carbons (Fsp3) is 0.300. The van der Waals surface area contributed by atoms with Crippen LogP contribution in [0.4, 0.5) is 0 Å². The summed E-state index contributed by atoms with van der Waals surface area (Å²) in [7, 11) is 1.45. The predicted molar refractivity (Wildman–Crippen MR) is 102 cm³/mol. The van der Waals surface area contributed by atoms with Crippen LogP contribution in [-0.4, -0.2) is 31.7 Å². The molecule has 1 N–H and O–H groups in total. The maximum atomic E-state index is 12.4. The second kappa shape index (κ2) is 9.83. The first-order valence-corrected chi connectivity index (χ1v) is 8.87. The molecule has 27 heavy (non-hydrogen) atoms. The van der Waals surface area contributed by atoms with Gasteiger partial charge in [0, 0.05) is 6.54 Å². The maximum Gasteiger partial charge on any atom is 0.339 e. The number of amides is 1. The monoisotopic (exact) mass is 391 g/mol. The summed E-state index contributed by atoms with van der Waals surface area (Å²) in [6.45, 7) is 4.07. The van der Waals surface area contributed by atoms with Crippen LogP contribution in [-0.2, 0) is 16.1 Å². The number of methoxy groups -OCH3 is 1. The quantitative estimate of drug-likeness (QED) is 0.696. The van der Waals surface area contributed by atoms with Gasteiger partial charge in [-0.3, -0.25) is 4.79 Å². The summed E-state index contributed by atoms with van der Waals surface area (Å²) in [4.78, 5) is 24.5. The van der Waals surface area contributed by atoms with Gasteiger partial charge in [-0.05, 0) is 31.5 Å². The SMILES string of the molecule is CCOc1c(Cl)cc(C(=O)O[C@@H](C)C(=O)NCc2ccccc2)cc1OC. The van der Waals surface area contributed by atoms with Crippen LogP contribution in [0.15, 0.2) is 42.5 Å². The molecule has 0 heterocycles. The van der Waals surface area contributed by atoms with Gasteiger partial charge >= 0.3 is 5.97 Å². The highest BCUT2D eigenvalue weighted by atomic mass is 35.5. The second-order valence-corrected chi connectivity index (χ2v) is 6.08. The van der Waals surface area contributed by atoms with Crippen LogP contribution < -0.4 is 14.8 Å². The highest BCUT2D eigenvalue weighted by Crippen LogP contribution is 2.36. The number of nitrogens with one attached hydrogen (secondary N) is 1. The van der Waals surface area contributed by atoms with E-state index in [0.29, 0.717) is 24.7 Å². The standard InChI is InChI=1S/C20H22ClNO5/c1-4-26-18-16(21)10-15(11-17(18)25-3)20(24)27-13(2)19(23)22-12-14-8-6-5-7-9-14/h5-11,13H,4,12H2,1-3H3,(H,22,23)/t13-/m0/s1. The van der Waals surface area contributed by atoms with Crippen LogP contribution in [0.1, 0.15) is 29.8 Å². The molecule has 7 heteroatoms. The number of carbonyl (C=O) groups excluding carboxylic acids is 2. The van der Waals surface area contributed by atoms with Crippen molar-refractivity contribution in [3.63, 3.8) is 0 Å². The third-order valence-electron chi connectivity index (χ3n) is 3.72. The van der Waals surface area contributed by atoms with Gasteiger partial charge in [-0.2, -0.15) is 0 Å². The molecular formula is C20H22ClNO5. The molecule has 1 atom stereocenters. The topological polar surface area (TPSA) is 73.9 Å². The number of halogens is 1. The first-order valence-electron chi connectivity index (χ1n) is 8.49. The molecule has 0 aliphatic rings. The van der Waals surface area contributed by atoms with Gasteiger partial charge in [0.05, 0.1) is 24.3 Å². The molecule has 0 spiro atoms. The van der Waals surface area contributed by atoms with E-state index in [4.69, 9.17) is 25.8 Å². The summed E-state index contributed by atoms with van der Waals surface area (Å²) in [6, 6.07) is 12.3. The summed E-state index contributed by atoms with van der Waals surface area (Å²) >= 11 is 6.16. The van der Waals surface area contributed by atoms with Crippen molar-refractivity contribution in [3.8, 4) is 11.5 Å². The molecule has 2 aromatic carbocycles. The van der Waals surface area contributed by atoms with Gasteiger partial charge in [-0.1, -0.05) is 41.9 Å². The molecule has 144 valence electrons. The van der Waals surface area contributed by atoms with E-state index in [1.807, 2.05) is 37.3 Å².